The lowest BCUT2D eigenvalue weighted by Crippen LogP contribution is -2.08. The van der Waals surface area contributed by atoms with Crippen molar-refractivity contribution in [3.05, 3.63) is 70.9 Å². The lowest BCUT2D eigenvalue weighted by Gasteiger charge is -2.25. The third-order valence-electron chi connectivity index (χ3n) is 6.68. The van der Waals surface area contributed by atoms with E-state index in [1.54, 1.807) is 17.4 Å². The van der Waals surface area contributed by atoms with E-state index in [0.717, 1.165) is 39.8 Å². The zero-order valence-corrected chi connectivity index (χ0v) is 17.1. The zero-order valence-electron chi connectivity index (χ0n) is 16.3. The summed E-state index contributed by atoms with van der Waals surface area (Å²) in [5.74, 6) is 1.46. The van der Waals surface area contributed by atoms with E-state index in [1.807, 2.05) is 6.07 Å². The molecular weight excluding hydrogens is 363 g/mol. The van der Waals surface area contributed by atoms with Gasteiger partial charge < -0.3 is 0 Å². The predicted molar refractivity (Wildman–Crippen MR) is 117 cm³/mol. The molecule has 0 saturated heterocycles. The van der Waals surface area contributed by atoms with Gasteiger partial charge in [-0.25, -0.2) is 4.39 Å². The lowest BCUT2D eigenvalue weighted by molar-refractivity contribution is 0.420. The topological polar surface area (TPSA) is 0 Å². The Morgan fingerprint density at radius 2 is 1.54 bits per heavy atom. The minimum absolute atomic E-state index is 0.116. The van der Waals surface area contributed by atoms with Crippen LogP contribution in [0.15, 0.2) is 54.6 Å². The molecule has 0 atom stereocenters. The zero-order chi connectivity index (χ0) is 18.9. The summed E-state index contributed by atoms with van der Waals surface area (Å²) >= 11 is 1.76. The van der Waals surface area contributed by atoms with Gasteiger partial charge in [-0.1, -0.05) is 62.4 Å². The van der Waals surface area contributed by atoms with Crippen molar-refractivity contribution in [3.8, 4) is 21.6 Å². The highest BCUT2D eigenvalue weighted by atomic mass is 32.1. The van der Waals surface area contributed by atoms with Crippen LogP contribution in [0.4, 0.5) is 4.39 Å². The molecule has 0 N–H and O–H groups in total. The average molecular weight is 391 g/mol. The summed E-state index contributed by atoms with van der Waals surface area (Å²) in [6.45, 7) is 0. The number of hydrogen-bond acceptors (Lipinski definition) is 1. The van der Waals surface area contributed by atoms with E-state index in [1.165, 1.54) is 55.4 Å². The summed E-state index contributed by atoms with van der Waals surface area (Å²) in [5.41, 5.74) is 4.23. The van der Waals surface area contributed by atoms with Crippen LogP contribution in [0.25, 0.3) is 21.6 Å². The number of halogens is 1. The number of rotatable bonds is 5. The van der Waals surface area contributed by atoms with E-state index in [-0.39, 0.29) is 5.82 Å². The highest BCUT2D eigenvalue weighted by Gasteiger charge is 2.19. The van der Waals surface area contributed by atoms with Crippen molar-refractivity contribution in [1.29, 1.82) is 0 Å². The van der Waals surface area contributed by atoms with E-state index in [9.17, 15) is 4.39 Å². The molecule has 1 heterocycles. The number of benzene rings is 2. The summed E-state index contributed by atoms with van der Waals surface area (Å²) in [6, 6.07) is 18.7. The van der Waals surface area contributed by atoms with Gasteiger partial charge in [0, 0.05) is 15.3 Å². The van der Waals surface area contributed by atoms with Crippen LogP contribution >= 0.6 is 11.3 Å². The predicted octanol–water partition coefficient (Wildman–Crippen LogP) is 8.22. The molecule has 5 rings (SSSR count). The van der Waals surface area contributed by atoms with Gasteiger partial charge in [-0.05, 0) is 72.1 Å². The molecule has 0 spiro atoms. The van der Waals surface area contributed by atoms with E-state index < -0.39 is 0 Å². The molecule has 2 aromatic carbocycles. The maximum Gasteiger partial charge on any atom is 0.132 e. The van der Waals surface area contributed by atoms with Crippen LogP contribution in [0.2, 0.25) is 0 Å². The fourth-order valence-electron chi connectivity index (χ4n) is 4.72. The van der Waals surface area contributed by atoms with Crippen molar-refractivity contribution in [1.82, 2.24) is 0 Å². The van der Waals surface area contributed by atoms with E-state index in [0.29, 0.717) is 0 Å². The number of hydrogen-bond donors (Lipinski definition) is 0. The van der Waals surface area contributed by atoms with E-state index in [2.05, 4.69) is 42.5 Å². The highest BCUT2D eigenvalue weighted by molar-refractivity contribution is 7.15. The second-order valence-electron chi connectivity index (χ2n) is 8.57. The standard InChI is InChI=1S/C26H27FS/c27-25-17-22(21-10-8-20(9-11-21)19-6-3-7-19)12-14-24(25)26-15-13-23(28-26)16-18-4-1-2-5-18/h8-15,17-19H,1-7,16H2. The first-order valence-electron chi connectivity index (χ1n) is 10.8. The second-order valence-corrected chi connectivity index (χ2v) is 9.73. The Balaban J connectivity index is 1.34. The SMILES string of the molecule is Fc1cc(-c2ccc(C3CCC3)cc2)ccc1-c1ccc(CC2CCCC2)s1. The van der Waals surface area contributed by atoms with Crippen molar-refractivity contribution < 1.29 is 4.39 Å². The van der Waals surface area contributed by atoms with Gasteiger partial charge in [-0.15, -0.1) is 11.3 Å². The van der Waals surface area contributed by atoms with Crippen molar-refractivity contribution in [2.24, 2.45) is 5.92 Å². The maximum absolute atomic E-state index is 14.9. The van der Waals surface area contributed by atoms with Crippen LogP contribution in [0.5, 0.6) is 0 Å². The summed E-state index contributed by atoms with van der Waals surface area (Å²) in [6.07, 6.45) is 10.6. The minimum atomic E-state index is -0.116. The number of thiophene rings is 1. The van der Waals surface area contributed by atoms with Gasteiger partial charge in [0.1, 0.15) is 5.82 Å². The molecule has 2 fully saturated rings. The smallest absolute Gasteiger partial charge is 0.132 e. The van der Waals surface area contributed by atoms with E-state index in [4.69, 9.17) is 0 Å². The van der Waals surface area contributed by atoms with Gasteiger partial charge in [0.2, 0.25) is 0 Å². The minimum Gasteiger partial charge on any atom is -0.206 e. The normalized spacial score (nSPS) is 17.8. The first-order chi connectivity index (χ1) is 13.8. The third-order valence-corrected chi connectivity index (χ3v) is 7.82. The van der Waals surface area contributed by atoms with Gasteiger partial charge in [-0.2, -0.15) is 0 Å². The molecule has 0 unspecified atom stereocenters. The Morgan fingerprint density at radius 3 is 2.21 bits per heavy atom. The maximum atomic E-state index is 14.9. The molecule has 0 aliphatic heterocycles. The van der Waals surface area contributed by atoms with Crippen LogP contribution in [0, 0.1) is 11.7 Å². The van der Waals surface area contributed by atoms with Crippen molar-refractivity contribution in [3.63, 3.8) is 0 Å². The largest absolute Gasteiger partial charge is 0.206 e. The molecule has 144 valence electrons. The molecule has 2 aliphatic rings. The molecular formula is C26H27FS. The van der Waals surface area contributed by atoms with Crippen molar-refractivity contribution in [2.45, 2.75) is 57.3 Å². The fourth-order valence-corrected chi connectivity index (χ4v) is 5.86. The molecule has 2 aliphatic carbocycles. The second kappa shape index (κ2) is 7.83. The molecule has 2 heteroatoms. The molecule has 2 saturated carbocycles. The first kappa shape index (κ1) is 18.1. The summed E-state index contributed by atoms with van der Waals surface area (Å²) < 4.78 is 14.9. The molecule has 3 aromatic rings. The first-order valence-corrected chi connectivity index (χ1v) is 11.6. The molecule has 28 heavy (non-hydrogen) atoms. The van der Waals surface area contributed by atoms with Crippen molar-refractivity contribution in [2.75, 3.05) is 0 Å². The van der Waals surface area contributed by atoms with Crippen LogP contribution in [0.3, 0.4) is 0 Å². The van der Waals surface area contributed by atoms with Gasteiger partial charge in [0.15, 0.2) is 0 Å². The molecule has 0 radical (unpaired) electrons. The Bertz CT molecular complexity index is 943. The Labute approximate surface area is 171 Å². The van der Waals surface area contributed by atoms with Gasteiger partial charge >= 0.3 is 0 Å². The van der Waals surface area contributed by atoms with Crippen LogP contribution in [-0.2, 0) is 6.42 Å². The Hall–Kier alpha value is -1.93. The van der Waals surface area contributed by atoms with Gasteiger partial charge in [-0.3, -0.25) is 0 Å². The highest BCUT2D eigenvalue weighted by Crippen LogP contribution is 2.38. The lowest BCUT2D eigenvalue weighted by atomic mass is 9.80. The average Bonchev–Trinajstić information content (AvgIpc) is 3.33. The third kappa shape index (κ3) is 3.67. The molecule has 1 aromatic heterocycles. The van der Waals surface area contributed by atoms with Crippen LogP contribution in [-0.4, -0.2) is 0 Å². The summed E-state index contributed by atoms with van der Waals surface area (Å²) in [7, 11) is 0. The van der Waals surface area contributed by atoms with Gasteiger partial charge in [0.05, 0.1) is 0 Å². The van der Waals surface area contributed by atoms with E-state index >= 15 is 0 Å². The summed E-state index contributed by atoms with van der Waals surface area (Å²) in [4.78, 5) is 2.45. The fraction of sp³-hybridized carbons (Fsp3) is 0.385. The molecule has 0 nitrogen and oxygen atoms in total. The molecule has 0 amide bonds. The Kier molecular flexibility index (Phi) is 5.07. The van der Waals surface area contributed by atoms with Gasteiger partial charge in [0.25, 0.3) is 0 Å². The molecule has 0 bridgehead atoms. The quantitative estimate of drug-likeness (QED) is 0.411. The van der Waals surface area contributed by atoms with Crippen molar-refractivity contribution >= 4 is 11.3 Å². The summed E-state index contributed by atoms with van der Waals surface area (Å²) in [5, 5.41) is 0. The van der Waals surface area contributed by atoms with Crippen LogP contribution < -0.4 is 0 Å². The Morgan fingerprint density at radius 1 is 0.786 bits per heavy atom. The monoisotopic (exact) mass is 390 g/mol. The van der Waals surface area contributed by atoms with Crippen LogP contribution in [0.1, 0.15) is 61.3 Å².